The average molecular weight is 576 g/mol. The fraction of sp³-hybridized carbons (Fsp3) is 1.00. The normalized spacial score (nSPS) is 18.2. The zero-order chi connectivity index (χ0) is 27.9. The fourth-order valence-electron chi connectivity index (χ4n) is 2.45. The number of rotatable bonds is 3. The van der Waals surface area contributed by atoms with Crippen molar-refractivity contribution in [3.05, 3.63) is 0 Å². The Morgan fingerprint density at radius 3 is 0.394 bits per heavy atom. The van der Waals surface area contributed by atoms with Crippen molar-refractivity contribution in [1.29, 1.82) is 0 Å². The number of hydrogen-bond acceptors (Lipinski definition) is 0. The van der Waals surface area contributed by atoms with Gasteiger partial charge in [-0.05, 0) is 0 Å². The molecule has 0 saturated carbocycles. The summed E-state index contributed by atoms with van der Waals surface area (Å²) < 4.78 is 298. The van der Waals surface area contributed by atoms with Crippen molar-refractivity contribution in [2.75, 3.05) is 0 Å². The molecule has 0 amide bonds. The SMILES string of the molecule is FC(F)(F)C(F)(C(F)(F)F)P(F)(F)(C(F)(C(F)(F)F)C(F)(F)F)C(F)(C(F)(F)F)C(F)(F)F. The summed E-state index contributed by atoms with van der Waals surface area (Å²) in [5, 5.41) is -31.1. The molecule has 0 aliphatic carbocycles. The van der Waals surface area contributed by atoms with E-state index in [1.165, 1.54) is 0 Å². The van der Waals surface area contributed by atoms with Crippen LogP contribution < -0.4 is 0 Å². The van der Waals surface area contributed by atoms with Crippen molar-refractivity contribution < 1.29 is 101 Å². The Morgan fingerprint density at radius 2 is 0.333 bits per heavy atom. The second-order valence-electron chi connectivity index (χ2n) is 5.76. The molecule has 0 saturated heterocycles. The first-order valence-electron chi connectivity index (χ1n) is 6.48. The van der Waals surface area contributed by atoms with Crippen LogP contribution in [0.3, 0.4) is 0 Å². The minimum absolute atomic E-state index is 9.39. The van der Waals surface area contributed by atoms with E-state index in [2.05, 4.69) is 0 Å². The molecule has 33 heavy (non-hydrogen) atoms. The van der Waals surface area contributed by atoms with E-state index < -0.39 is 60.5 Å². The van der Waals surface area contributed by atoms with Crippen LogP contribution in [0.4, 0.5) is 101 Å². The Hall–Kier alpha value is -1.18. The second kappa shape index (κ2) is 6.94. The molecule has 0 bridgehead atoms. The number of halogens is 23. The Bertz CT molecular complexity index is 591. The van der Waals surface area contributed by atoms with Crippen LogP contribution in [0.25, 0.3) is 0 Å². The van der Waals surface area contributed by atoms with Crippen LogP contribution in [0.1, 0.15) is 0 Å². The second-order valence-corrected chi connectivity index (χ2v) is 9.42. The summed E-state index contributed by atoms with van der Waals surface area (Å²) in [5.74, 6) is 0. The summed E-state index contributed by atoms with van der Waals surface area (Å²) in [4.78, 5) is 0. The Balaban J connectivity index is 9.11. The molecule has 202 valence electrons. The van der Waals surface area contributed by atoms with Crippen LogP contribution in [-0.4, -0.2) is 53.3 Å². The summed E-state index contributed by atoms with van der Waals surface area (Å²) >= 11 is 0. The Morgan fingerprint density at radius 1 is 0.242 bits per heavy atom. The molecule has 0 radical (unpaired) electrons. The molecular weight excluding hydrogens is 576 g/mol. The van der Waals surface area contributed by atoms with E-state index in [0.29, 0.717) is 0 Å². The molecule has 0 aromatic rings. The van der Waals surface area contributed by atoms with Gasteiger partial charge in [0.15, 0.2) is 0 Å². The maximum atomic E-state index is 14.6. The molecule has 0 aromatic heterocycles. The van der Waals surface area contributed by atoms with Gasteiger partial charge in [-0.2, -0.15) is 0 Å². The monoisotopic (exact) mass is 576 g/mol. The summed E-state index contributed by atoms with van der Waals surface area (Å²) in [7, 11) is -14.6. The summed E-state index contributed by atoms with van der Waals surface area (Å²) in [6, 6.07) is 0. The van der Waals surface area contributed by atoms with Crippen molar-refractivity contribution in [2.24, 2.45) is 0 Å². The van der Waals surface area contributed by atoms with Gasteiger partial charge in [-0.1, -0.05) is 0 Å². The molecule has 0 nitrogen and oxygen atoms in total. The minimum atomic E-state index is -14.6. The van der Waals surface area contributed by atoms with Crippen molar-refractivity contribution in [1.82, 2.24) is 0 Å². The predicted octanol–water partition coefficient (Wildman–Crippen LogP) is 8.68. The van der Waals surface area contributed by atoms with Gasteiger partial charge in [0.25, 0.3) is 0 Å². The molecule has 0 fully saturated rings. The van der Waals surface area contributed by atoms with Crippen LogP contribution in [0.15, 0.2) is 0 Å². The molecule has 24 heteroatoms. The van der Waals surface area contributed by atoms with Gasteiger partial charge in [0.1, 0.15) is 0 Å². The molecule has 0 spiro atoms. The number of hydrogen-bond donors (Lipinski definition) is 0. The third-order valence-corrected chi connectivity index (χ3v) is 8.64. The summed E-state index contributed by atoms with van der Waals surface area (Å²) in [6.07, 6.45) is -56.4. The van der Waals surface area contributed by atoms with Gasteiger partial charge in [0.2, 0.25) is 0 Å². The van der Waals surface area contributed by atoms with E-state index in [1.54, 1.807) is 0 Å². The van der Waals surface area contributed by atoms with Crippen LogP contribution in [0.5, 0.6) is 0 Å². The van der Waals surface area contributed by atoms with E-state index in [0.717, 1.165) is 0 Å². The summed E-state index contributed by atoms with van der Waals surface area (Å²) in [6.45, 7) is 0. The van der Waals surface area contributed by atoms with E-state index >= 15 is 0 Å². The van der Waals surface area contributed by atoms with E-state index in [9.17, 15) is 101 Å². The average Bonchev–Trinajstić information content (AvgIpc) is 2.45. The van der Waals surface area contributed by atoms with Crippen LogP contribution >= 0.6 is 7.22 Å². The van der Waals surface area contributed by atoms with Crippen molar-refractivity contribution in [3.63, 3.8) is 0 Å². The van der Waals surface area contributed by atoms with E-state index in [1.807, 2.05) is 0 Å². The van der Waals surface area contributed by atoms with Gasteiger partial charge in [0.05, 0.1) is 0 Å². The fourth-order valence-corrected chi connectivity index (χ4v) is 6.40. The zero-order valence-corrected chi connectivity index (χ0v) is 14.5. The number of alkyl halides is 21. The molecule has 0 aliphatic rings. The Kier molecular flexibility index (Phi) is 6.70. The third-order valence-electron chi connectivity index (χ3n) is 3.88. The van der Waals surface area contributed by atoms with Gasteiger partial charge in [0, 0.05) is 0 Å². The van der Waals surface area contributed by atoms with Gasteiger partial charge in [-0.25, -0.2) is 0 Å². The third kappa shape index (κ3) is 3.24. The first-order chi connectivity index (χ1) is 13.6. The van der Waals surface area contributed by atoms with Crippen LogP contribution in [0, 0.1) is 0 Å². The van der Waals surface area contributed by atoms with Crippen molar-refractivity contribution >= 4 is 7.22 Å². The van der Waals surface area contributed by atoms with Crippen molar-refractivity contribution in [3.8, 4) is 0 Å². The predicted molar refractivity (Wildman–Crippen MR) is 57.0 cm³/mol. The van der Waals surface area contributed by atoms with E-state index in [4.69, 9.17) is 0 Å². The zero-order valence-electron chi connectivity index (χ0n) is 13.6. The first-order valence-corrected chi connectivity index (χ1v) is 8.50. The van der Waals surface area contributed by atoms with Crippen molar-refractivity contribution in [2.45, 2.75) is 53.3 Å². The molecule has 0 aliphatic heterocycles. The van der Waals surface area contributed by atoms with Gasteiger partial charge in [-0.3, -0.25) is 0 Å². The maximum absolute atomic E-state index is 14.6. The molecule has 0 atom stereocenters. The molecule has 0 unspecified atom stereocenters. The Labute approximate surface area is 162 Å². The molecule has 0 heterocycles. The van der Waals surface area contributed by atoms with Crippen LogP contribution in [0.2, 0.25) is 0 Å². The topological polar surface area (TPSA) is 0 Å². The summed E-state index contributed by atoms with van der Waals surface area (Å²) in [5.41, 5.74) is 0. The molecular formula is C9F23P. The van der Waals surface area contributed by atoms with Gasteiger partial charge >= 0.3 is 161 Å². The molecule has 0 aromatic carbocycles. The van der Waals surface area contributed by atoms with Crippen LogP contribution in [-0.2, 0) is 0 Å². The standard InChI is InChI=1S/C9F23P/c10-1(4(13,14)15,5(16,17)18)33(31,32,2(11,6(19,20)21)7(22,23)24)3(12,8(25,26)27)9(28,29)30. The quantitative estimate of drug-likeness (QED) is 0.233. The van der Waals surface area contributed by atoms with Gasteiger partial charge in [-0.15, -0.1) is 0 Å². The van der Waals surface area contributed by atoms with Gasteiger partial charge < -0.3 is 0 Å². The first kappa shape index (κ1) is 31.8. The molecule has 0 N–H and O–H groups in total. The molecule has 0 rings (SSSR count). The van der Waals surface area contributed by atoms with E-state index in [-0.39, 0.29) is 0 Å².